The zero-order chi connectivity index (χ0) is 42.3. The highest BCUT2D eigenvalue weighted by molar-refractivity contribution is 7.90. The van der Waals surface area contributed by atoms with Crippen LogP contribution in [0.25, 0.3) is 55.4 Å². The molecule has 0 aliphatic heterocycles. The van der Waals surface area contributed by atoms with Crippen molar-refractivity contribution in [3.63, 3.8) is 0 Å². The van der Waals surface area contributed by atoms with Gasteiger partial charge in [0.2, 0.25) is 0 Å². The first-order valence-corrected chi connectivity index (χ1v) is 21.4. The molecule has 0 fully saturated rings. The first kappa shape index (κ1) is 39.9. The van der Waals surface area contributed by atoms with Crippen LogP contribution in [-0.2, 0) is 20.0 Å². The van der Waals surface area contributed by atoms with Gasteiger partial charge in [-0.3, -0.25) is 0 Å². The fraction of sp³-hybridized carbons (Fsp3) is 0.130. The van der Waals surface area contributed by atoms with E-state index in [1.54, 1.807) is 123 Å². The Kier molecular flexibility index (Phi) is 10.4. The summed E-state index contributed by atoms with van der Waals surface area (Å²) in [4.78, 5) is -0.102. The number of hydrogen-bond donors (Lipinski definition) is 0. The molecule has 8 rings (SSSR count). The molecule has 8 aromatic rings. The maximum atomic E-state index is 15.6. The standard InChI is InChI=1S/C46H40N2O10S2/c1-53-31-21-17-29(18-22-31)41-43-37(25-33(55-3)27-39(43)57-5)47(59(49,50)35-13-9-7-10-14-35)45(41)46-42(30-19-23-32(54-2)24-20-30)44-38(26-34(56-4)28-40(44)58-6)48(46)60(51,52)36-15-11-8-12-16-36/h7-28H,1-6H3. The molecular formula is C46H40N2O10S2. The topological polar surface area (TPSA) is 134 Å². The summed E-state index contributed by atoms with van der Waals surface area (Å²) in [6.07, 6.45) is 0. The maximum Gasteiger partial charge on any atom is 0.268 e. The minimum Gasteiger partial charge on any atom is -0.497 e. The van der Waals surface area contributed by atoms with E-state index in [1.165, 1.54) is 60.6 Å². The molecule has 60 heavy (non-hydrogen) atoms. The number of hydrogen-bond acceptors (Lipinski definition) is 10. The lowest BCUT2D eigenvalue weighted by molar-refractivity contribution is 0.397. The molecule has 0 saturated heterocycles. The largest absolute Gasteiger partial charge is 0.497 e. The zero-order valence-electron chi connectivity index (χ0n) is 33.5. The van der Waals surface area contributed by atoms with E-state index in [4.69, 9.17) is 28.4 Å². The summed E-state index contributed by atoms with van der Waals surface area (Å²) in [5.74, 6) is 2.24. The molecule has 0 atom stereocenters. The van der Waals surface area contributed by atoms with Crippen LogP contribution in [0.4, 0.5) is 0 Å². The average molecular weight is 845 g/mol. The summed E-state index contributed by atoms with van der Waals surface area (Å²) in [6.45, 7) is 0. The third-order valence-corrected chi connectivity index (χ3v) is 13.8. The second-order valence-electron chi connectivity index (χ2n) is 13.5. The third-order valence-electron chi connectivity index (χ3n) is 10.4. The molecule has 0 radical (unpaired) electrons. The van der Waals surface area contributed by atoms with Crippen LogP contribution in [-0.4, -0.2) is 67.4 Å². The number of benzene rings is 6. The van der Waals surface area contributed by atoms with Crippen LogP contribution < -0.4 is 28.4 Å². The van der Waals surface area contributed by atoms with Crippen LogP contribution in [0.5, 0.6) is 34.5 Å². The molecule has 0 unspecified atom stereocenters. The van der Waals surface area contributed by atoms with Gasteiger partial charge in [-0.15, -0.1) is 0 Å². The van der Waals surface area contributed by atoms with Crippen molar-refractivity contribution < 1.29 is 45.3 Å². The lowest BCUT2D eigenvalue weighted by Crippen LogP contribution is -2.19. The Morgan fingerprint density at radius 3 is 1.02 bits per heavy atom. The van der Waals surface area contributed by atoms with E-state index >= 15 is 16.8 Å². The number of aromatic nitrogens is 2. The summed E-state index contributed by atoms with van der Waals surface area (Å²) >= 11 is 0. The van der Waals surface area contributed by atoms with Gasteiger partial charge < -0.3 is 28.4 Å². The van der Waals surface area contributed by atoms with Crippen molar-refractivity contribution in [2.24, 2.45) is 0 Å². The van der Waals surface area contributed by atoms with E-state index in [2.05, 4.69) is 0 Å². The van der Waals surface area contributed by atoms with Gasteiger partial charge in [0, 0.05) is 35.4 Å². The SMILES string of the molecule is COc1ccc(-c2c(-c3c(-c4ccc(OC)cc4)c4c(OC)cc(OC)cc4n3S(=O)(=O)c3ccccc3)n(S(=O)(=O)c3ccccc3)c3cc(OC)cc(OC)c23)cc1. The van der Waals surface area contributed by atoms with Gasteiger partial charge >= 0.3 is 0 Å². The smallest absolute Gasteiger partial charge is 0.268 e. The molecule has 12 nitrogen and oxygen atoms in total. The maximum absolute atomic E-state index is 15.6. The first-order valence-electron chi connectivity index (χ1n) is 18.5. The molecule has 0 spiro atoms. The van der Waals surface area contributed by atoms with Crippen molar-refractivity contribution in [2.45, 2.75) is 9.79 Å². The van der Waals surface area contributed by atoms with Gasteiger partial charge in [-0.25, -0.2) is 24.8 Å². The minimum absolute atomic E-state index is 0.00752. The lowest BCUT2D eigenvalue weighted by atomic mass is 9.95. The molecule has 2 aromatic heterocycles. The van der Waals surface area contributed by atoms with Gasteiger partial charge in [0.05, 0.1) is 85.6 Å². The summed E-state index contributed by atoms with van der Waals surface area (Å²) < 4.78 is 99.5. The molecular weight excluding hydrogens is 805 g/mol. The average Bonchev–Trinajstić information content (AvgIpc) is 3.83. The fourth-order valence-electron chi connectivity index (χ4n) is 7.62. The molecule has 306 valence electrons. The summed E-state index contributed by atoms with van der Waals surface area (Å²) in [6, 6.07) is 36.6. The molecule has 0 amide bonds. The van der Waals surface area contributed by atoms with Gasteiger partial charge in [0.15, 0.2) is 0 Å². The van der Waals surface area contributed by atoms with Crippen LogP contribution >= 0.6 is 0 Å². The fourth-order valence-corrected chi connectivity index (χ4v) is 10.7. The quantitative estimate of drug-likeness (QED) is 0.111. The van der Waals surface area contributed by atoms with Crippen molar-refractivity contribution >= 4 is 41.9 Å². The molecule has 0 aliphatic rings. The highest BCUT2D eigenvalue weighted by atomic mass is 32.2. The second kappa shape index (κ2) is 15.7. The molecule has 2 heterocycles. The van der Waals surface area contributed by atoms with Gasteiger partial charge in [0.1, 0.15) is 34.5 Å². The Hall–Kier alpha value is -6.90. The molecule has 14 heteroatoms. The van der Waals surface area contributed by atoms with E-state index in [0.29, 0.717) is 56.0 Å². The van der Waals surface area contributed by atoms with Gasteiger partial charge in [-0.05, 0) is 59.7 Å². The van der Waals surface area contributed by atoms with Crippen molar-refractivity contribution in [1.29, 1.82) is 0 Å². The van der Waals surface area contributed by atoms with Crippen LogP contribution in [0.3, 0.4) is 0 Å². The van der Waals surface area contributed by atoms with E-state index in [-0.39, 0.29) is 43.7 Å². The van der Waals surface area contributed by atoms with E-state index in [0.717, 1.165) is 0 Å². The molecule has 0 saturated carbocycles. The summed E-state index contributed by atoms with van der Waals surface area (Å²) in [5.41, 5.74) is 2.09. The van der Waals surface area contributed by atoms with Crippen LogP contribution in [0.1, 0.15) is 0 Å². The third kappa shape index (κ3) is 6.44. The monoisotopic (exact) mass is 844 g/mol. The summed E-state index contributed by atoms with van der Waals surface area (Å²) in [7, 11) is -0.216. The Morgan fingerprint density at radius 1 is 0.383 bits per heavy atom. The van der Waals surface area contributed by atoms with Gasteiger partial charge in [-0.2, -0.15) is 0 Å². The zero-order valence-corrected chi connectivity index (χ0v) is 35.1. The van der Waals surface area contributed by atoms with E-state index in [9.17, 15) is 0 Å². The van der Waals surface area contributed by atoms with Crippen molar-refractivity contribution in [3.05, 3.63) is 133 Å². The number of methoxy groups -OCH3 is 6. The van der Waals surface area contributed by atoms with E-state index in [1.807, 2.05) is 0 Å². The van der Waals surface area contributed by atoms with Crippen LogP contribution in [0.15, 0.2) is 143 Å². The molecule has 0 N–H and O–H groups in total. The predicted molar refractivity (Wildman–Crippen MR) is 231 cm³/mol. The minimum atomic E-state index is -4.60. The lowest BCUT2D eigenvalue weighted by Gasteiger charge is -2.19. The first-order chi connectivity index (χ1) is 29.0. The Morgan fingerprint density at radius 2 is 0.717 bits per heavy atom. The molecule has 6 aromatic carbocycles. The number of fused-ring (bicyclic) bond motifs is 2. The van der Waals surface area contributed by atoms with E-state index < -0.39 is 20.0 Å². The number of rotatable bonds is 13. The van der Waals surface area contributed by atoms with Crippen molar-refractivity contribution in [3.8, 4) is 68.1 Å². The Bertz CT molecular complexity index is 2890. The molecule has 0 aliphatic carbocycles. The summed E-state index contributed by atoms with van der Waals surface area (Å²) in [5, 5.41) is 0.745. The highest BCUT2D eigenvalue weighted by Gasteiger charge is 2.38. The highest BCUT2D eigenvalue weighted by Crippen LogP contribution is 2.54. The molecule has 0 bridgehead atoms. The Balaban J connectivity index is 1.74. The van der Waals surface area contributed by atoms with Crippen molar-refractivity contribution in [2.75, 3.05) is 42.7 Å². The predicted octanol–water partition coefficient (Wildman–Crippen LogP) is 9.12. The van der Waals surface area contributed by atoms with Crippen LogP contribution in [0.2, 0.25) is 0 Å². The van der Waals surface area contributed by atoms with Gasteiger partial charge in [0.25, 0.3) is 20.0 Å². The second-order valence-corrected chi connectivity index (χ2v) is 17.1. The number of ether oxygens (including phenoxy) is 6. The Labute approximate surface area is 347 Å². The van der Waals surface area contributed by atoms with Gasteiger partial charge in [-0.1, -0.05) is 60.7 Å². The number of nitrogens with zero attached hydrogens (tertiary/aromatic N) is 2. The van der Waals surface area contributed by atoms with Crippen LogP contribution in [0, 0.1) is 0 Å². The normalized spacial score (nSPS) is 11.8. The van der Waals surface area contributed by atoms with Crippen molar-refractivity contribution in [1.82, 2.24) is 7.94 Å².